The van der Waals surface area contributed by atoms with Crippen molar-refractivity contribution in [2.45, 2.75) is 44.1 Å². The van der Waals surface area contributed by atoms with Gasteiger partial charge < -0.3 is 9.16 Å². The van der Waals surface area contributed by atoms with Gasteiger partial charge in [0.1, 0.15) is 0 Å². The largest absolute Gasteiger partial charge is 0.416 e. The van der Waals surface area contributed by atoms with Crippen molar-refractivity contribution in [1.82, 2.24) is 0 Å². The Kier molecular flexibility index (Phi) is 6.76. The molecule has 0 saturated heterocycles. The Morgan fingerprint density at radius 2 is 1.35 bits per heavy atom. The quantitative estimate of drug-likeness (QED) is 0.273. The number of fused-ring (bicyclic) bond motifs is 3. The highest BCUT2D eigenvalue weighted by atomic mass is 28.2. The summed E-state index contributed by atoms with van der Waals surface area (Å²) in [6.07, 6.45) is 2.03. The summed E-state index contributed by atoms with van der Waals surface area (Å²) < 4.78 is 12.7. The smallest absolute Gasteiger partial charge is 0.236 e. The van der Waals surface area contributed by atoms with Crippen molar-refractivity contribution in [2.75, 3.05) is 19.8 Å². The van der Waals surface area contributed by atoms with Gasteiger partial charge in [-0.2, -0.15) is 0 Å². The highest BCUT2D eigenvalue weighted by Crippen LogP contribution is 2.49. The summed E-state index contributed by atoms with van der Waals surface area (Å²) in [7, 11) is 0.416. The van der Waals surface area contributed by atoms with Gasteiger partial charge in [-0.3, -0.25) is 0 Å². The second-order valence-corrected chi connectivity index (χ2v) is 11.0. The van der Waals surface area contributed by atoms with Crippen molar-refractivity contribution in [3.8, 4) is 11.1 Å². The van der Waals surface area contributed by atoms with Gasteiger partial charge >= 0.3 is 0 Å². The van der Waals surface area contributed by atoms with Gasteiger partial charge in [0.25, 0.3) is 0 Å². The van der Waals surface area contributed by atoms with Gasteiger partial charge in [0.15, 0.2) is 0 Å². The van der Waals surface area contributed by atoms with E-state index >= 15 is 0 Å². The average molecular weight is 429 g/mol. The Bertz CT molecular complexity index is 951. The Hall–Kier alpha value is -2.20. The Labute approximate surface area is 189 Å². The molecule has 0 atom stereocenters. The normalized spacial score (nSPS) is 14.3. The van der Waals surface area contributed by atoms with Crippen LogP contribution in [0.3, 0.4) is 0 Å². The molecule has 3 aromatic rings. The molecule has 0 unspecified atom stereocenters. The van der Waals surface area contributed by atoms with E-state index in [4.69, 9.17) is 9.16 Å². The summed E-state index contributed by atoms with van der Waals surface area (Å²) in [5.74, 6) is 0. The van der Waals surface area contributed by atoms with E-state index in [0.717, 1.165) is 19.4 Å². The molecule has 0 N–H and O–H groups in total. The summed E-state index contributed by atoms with van der Waals surface area (Å²) in [4.78, 5) is 0. The summed E-state index contributed by atoms with van der Waals surface area (Å²) in [6, 6.07) is 28.2. The second-order valence-electron chi connectivity index (χ2n) is 9.16. The molecule has 3 heteroatoms. The summed E-state index contributed by atoms with van der Waals surface area (Å²) in [5.41, 5.74) is 6.40. The maximum absolute atomic E-state index is 6.55. The first-order valence-electron chi connectivity index (χ1n) is 11.3. The fourth-order valence-corrected chi connectivity index (χ4v) is 5.64. The number of hydrogen-bond donors (Lipinski definition) is 0. The number of rotatable bonds is 10. The van der Waals surface area contributed by atoms with Crippen molar-refractivity contribution < 1.29 is 9.16 Å². The predicted octanol–water partition coefficient (Wildman–Crippen LogP) is 6.46. The lowest BCUT2D eigenvalue weighted by atomic mass is 9.79. The highest BCUT2D eigenvalue weighted by Gasteiger charge is 2.43. The lowest BCUT2D eigenvalue weighted by molar-refractivity contribution is 0.0757. The maximum atomic E-state index is 6.55. The van der Waals surface area contributed by atoms with Crippen LogP contribution in [0.1, 0.15) is 43.9 Å². The Morgan fingerprint density at radius 3 is 1.97 bits per heavy atom. The van der Waals surface area contributed by atoms with Gasteiger partial charge in [0.05, 0.1) is 12.0 Å². The van der Waals surface area contributed by atoms with Gasteiger partial charge in [0, 0.05) is 13.2 Å². The van der Waals surface area contributed by atoms with Gasteiger partial charge in [-0.05, 0) is 45.7 Å². The van der Waals surface area contributed by atoms with Gasteiger partial charge in [0.2, 0.25) is 9.76 Å². The van der Waals surface area contributed by atoms with Crippen LogP contribution in [-0.4, -0.2) is 29.6 Å². The first kappa shape index (κ1) is 22.0. The lowest BCUT2D eigenvalue weighted by Gasteiger charge is -2.33. The van der Waals surface area contributed by atoms with E-state index in [9.17, 15) is 0 Å². The van der Waals surface area contributed by atoms with Crippen LogP contribution in [0, 0.1) is 0 Å². The molecule has 0 aromatic heterocycles. The summed E-state index contributed by atoms with van der Waals surface area (Å²) in [6.45, 7) is 8.82. The summed E-state index contributed by atoms with van der Waals surface area (Å²) in [5, 5.41) is 0.0878. The van der Waals surface area contributed by atoms with Gasteiger partial charge in [-0.1, -0.05) is 99.6 Å². The fraction of sp³-hybridized carbons (Fsp3) is 0.357. The minimum absolute atomic E-state index is 0.0878. The van der Waals surface area contributed by atoms with Gasteiger partial charge in [-0.15, -0.1) is 0 Å². The number of benzene rings is 3. The molecule has 0 aliphatic heterocycles. The van der Waals surface area contributed by atoms with Crippen LogP contribution in [-0.2, 0) is 21.0 Å². The molecular formula is C28H32O2Si. The average Bonchev–Trinajstić information content (AvgIpc) is 3.05. The molecule has 0 spiro atoms. The molecule has 1 aliphatic rings. The lowest BCUT2D eigenvalue weighted by Crippen LogP contribution is -2.38. The maximum Gasteiger partial charge on any atom is 0.236 e. The number of hydrogen-bond acceptors (Lipinski definition) is 2. The molecule has 0 fully saturated rings. The van der Waals surface area contributed by atoms with Crippen molar-refractivity contribution >= 4 is 9.76 Å². The molecule has 0 amide bonds. The zero-order valence-corrected chi connectivity index (χ0v) is 19.9. The summed E-state index contributed by atoms with van der Waals surface area (Å²) >= 11 is 0. The molecule has 3 aromatic carbocycles. The van der Waals surface area contributed by atoms with Crippen molar-refractivity contribution in [2.24, 2.45) is 0 Å². The first-order chi connectivity index (χ1) is 15.1. The molecule has 0 saturated carbocycles. The predicted molar refractivity (Wildman–Crippen MR) is 130 cm³/mol. The third kappa shape index (κ3) is 4.69. The number of ether oxygens (including phenoxy) is 1. The monoisotopic (exact) mass is 428 g/mol. The van der Waals surface area contributed by atoms with E-state index in [1.54, 1.807) is 0 Å². The fourth-order valence-electron chi connectivity index (χ4n) is 4.66. The van der Waals surface area contributed by atoms with E-state index in [1.807, 2.05) is 0 Å². The third-order valence-electron chi connectivity index (χ3n) is 6.03. The van der Waals surface area contributed by atoms with Gasteiger partial charge in [-0.25, -0.2) is 0 Å². The molecule has 1 aliphatic carbocycles. The third-order valence-corrected chi connectivity index (χ3v) is 7.05. The molecular weight excluding hydrogens is 396 g/mol. The molecule has 2 nitrogen and oxygen atoms in total. The molecule has 0 heterocycles. The topological polar surface area (TPSA) is 18.5 Å². The van der Waals surface area contributed by atoms with Crippen molar-refractivity contribution in [3.05, 3.63) is 95.6 Å². The standard InChI is InChI=1S/C28H32O2Si/c1-4-18-29-20-28(21-30-31-27(2,3)19-22-12-6-5-7-13-22)25-16-10-8-14-23(25)24-15-9-11-17-26(24)28/h5-17H,4,18-21H2,1-3H3. The zero-order chi connectivity index (χ0) is 21.7. The van der Waals surface area contributed by atoms with Crippen LogP contribution < -0.4 is 0 Å². The molecule has 160 valence electrons. The van der Waals surface area contributed by atoms with Crippen molar-refractivity contribution in [1.29, 1.82) is 0 Å². The van der Waals surface area contributed by atoms with Crippen molar-refractivity contribution in [3.63, 3.8) is 0 Å². The van der Waals surface area contributed by atoms with Crippen LogP contribution in [0.2, 0.25) is 5.04 Å². The Morgan fingerprint density at radius 1 is 0.774 bits per heavy atom. The molecule has 31 heavy (non-hydrogen) atoms. The van der Waals surface area contributed by atoms with E-state index in [-0.39, 0.29) is 10.5 Å². The zero-order valence-electron chi connectivity index (χ0n) is 18.9. The van der Waals surface area contributed by atoms with E-state index in [1.165, 1.54) is 27.8 Å². The van der Waals surface area contributed by atoms with Crippen LogP contribution in [0.25, 0.3) is 11.1 Å². The van der Waals surface area contributed by atoms with Crippen LogP contribution >= 0.6 is 0 Å². The van der Waals surface area contributed by atoms with E-state index in [0.29, 0.717) is 23.0 Å². The minimum Gasteiger partial charge on any atom is -0.416 e. The molecule has 0 bridgehead atoms. The molecule has 4 rings (SSSR count). The second kappa shape index (κ2) is 9.52. The SMILES string of the molecule is CCCOCC1(CO[Si]C(C)(C)Cc2ccccc2)c2ccccc2-c2ccccc21. The van der Waals surface area contributed by atoms with Crippen LogP contribution in [0.15, 0.2) is 78.9 Å². The van der Waals surface area contributed by atoms with Crippen LogP contribution in [0.5, 0.6) is 0 Å². The van der Waals surface area contributed by atoms with E-state index < -0.39 is 0 Å². The Balaban J connectivity index is 1.58. The highest BCUT2D eigenvalue weighted by molar-refractivity contribution is 6.32. The van der Waals surface area contributed by atoms with Crippen LogP contribution in [0.4, 0.5) is 0 Å². The van der Waals surface area contributed by atoms with E-state index in [2.05, 4.69) is 99.6 Å². The molecule has 2 radical (unpaired) electrons. The minimum atomic E-state index is -0.252. The first-order valence-corrected chi connectivity index (χ1v) is 12.2.